The van der Waals surface area contributed by atoms with Gasteiger partial charge in [-0.15, -0.1) is 0 Å². The first-order chi connectivity index (χ1) is 14.8. The Morgan fingerprint density at radius 1 is 0.871 bits per heavy atom. The molecule has 180 valence electrons. The fourth-order valence-corrected chi connectivity index (χ4v) is 9.61. The molecule has 0 aromatic rings. The molecule has 0 aromatic heterocycles. The minimum absolute atomic E-state index is 0.167. The monoisotopic (exact) mass is 432 g/mol. The van der Waals surface area contributed by atoms with Crippen LogP contribution in [0.2, 0.25) is 0 Å². The first-order valence-electron chi connectivity index (χ1n) is 14.0. The van der Waals surface area contributed by atoms with Gasteiger partial charge >= 0.3 is 0 Å². The van der Waals surface area contributed by atoms with Crippen molar-refractivity contribution in [2.24, 2.45) is 52.3 Å². The molecular formula is C29H52O2. The maximum Gasteiger partial charge on any atom is 0.0701 e. The maximum atomic E-state index is 9.15. The number of fused-ring (bicyclic) bond motifs is 5. The lowest BCUT2D eigenvalue weighted by Crippen LogP contribution is -2.54. The molecule has 2 nitrogen and oxygen atoms in total. The number of aliphatic hydroxyl groups excluding tert-OH is 1. The summed E-state index contributed by atoms with van der Waals surface area (Å²) >= 11 is 0. The van der Waals surface area contributed by atoms with Gasteiger partial charge in [-0.3, -0.25) is 0 Å². The second-order valence-corrected chi connectivity index (χ2v) is 13.2. The summed E-state index contributed by atoms with van der Waals surface area (Å²) < 4.78 is 5.98. The van der Waals surface area contributed by atoms with Crippen molar-refractivity contribution < 1.29 is 9.84 Å². The molecule has 0 saturated heterocycles. The van der Waals surface area contributed by atoms with Crippen molar-refractivity contribution >= 4 is 0 Å². The molecule has 0 bridgehead atoms. The van der Waals surface area contributed by atoms with Gasteiger partial charge in [0.15, 0.2) is 0 Å². The highest BCUT2D eigenvalue weighted by molar-refractivity contribution is 5.09. The number of ether oxygens (including phenoxy) is 1. The van der Waals surface area contributed by atoms with Crippen LogP contribution in [0.3, 0.4) is 0 Å². The van der Waals surface area contributed by atoms with Crippen LogP contribution in [0.5, 0.6) is 0 Å². The van der Waals surface area contributed by atoms with Crippen LogP contribution in [0.25, 0.3) is 0 Å². The van der Waals surface area contributed by atoms with E-state index in [1.165, 1.54) is 77.0 Å². The van der Waals surface area contributed by atoms with Gasteiger partial charge in [0.05, 0.1) is 19.3 Å². The summed E-state index contributed by atoms with van der Waals surface area (Å²) in [5.74, 6) is 6.53. The zero-order valence-electron chi connectivity index (χ0n) is 21.4. The van der Waals surface area contributed by atoms with Crippen LogP contribution in [0.15, 0.2) is 0 Å². The van der Waals surface area contributed by atoms with Gasteiger partial charge in [-0.05, 0) is 110 Å². The van der Waals surface area contributed by atoms with Crippen molar-refractivity contribution in [1.29, 1.82) is 0 Å². The lowest BCUT2D eigenvalue weighted by molar-refractivity contribution is -0.138. The van der Waals surface area contributed by atoms with Gasteiger partial charge < -0.3 is 9.84 Å². The molecule has 4 fully saturated rings. The van der Waals surface area contributed by atoms with E-state index < -0.39 is 0 Å². The van der Waals surface area contributed by atoms with Crippen molar-refractivity contribution in [3.63, 3.8) is 0 Å². The van der Waals surface area contributed by atoms with Gasteiger partial charge in [-0.2, -0.15) is 0 Å². The molecule has 1 N–H and O–H groups in total. The van der Waals surface area contributed by atoms with Gasteiger partial charge in [0, 0.05) is 0 Å². The van der Waals surface area contributed by atoms with Crippen LogP contribution < -0.4 is 0 Å². The molecule has 2 heteroatoms. The van der Waals surface area contributed by atoms with Crippen molar-refractivity contribution in [2.75, 3.05) is 13.2 Å². The van der Waals surface area contributed by atoms with E-state index in [0.29, 0.717) is 23.5 Å². The summed E-state index contributed by atoms with van der Waals surface area (Å²) in [4.78, 5) is 0. The van der Waals surface area contributed by atoms with Crippen molar-refractivity contribution in [1.82, 2.24) is 0 Å². The largest absolute Gasteiger partial charge is 0.394 e. The average molecular weight is 433 g/mol. The van der Waals surface area contributed by atoms with Gasteiger partial charge in [-0.1, -0.05) is 53.9 Å². The molecule has 31 heavy (non-hydrogen) atoms. The Labute approximate surface area is 193 Å². The van der Waals surface area contributed by atoms with E-state index in [2.05, 4.69) is 34.6 Å². The molecule has 0 aliphatic heterocycles. The smallest absolute Gasteiger partial charge is 0.0701 e. The average Bonchev–Trinajstić information content (AvgIpc) is 3.09. The van der Waals surface area contributed by atoms with E-state index >= 15 is 0 Å². The summed E-state index contributed by atoms with van der Waals surface area (Å²) in [7, 11) is 0. The Balaban J connectivity index is 1.41. The molecule has 4 aliphatic carbocycles. The maximum absolute atomic E-state index is 9.15. The third-order valence-electron chi connectivity index (χ3n) is 11.3. The highest BCUT2D eigenvalue weighted by Gasteiger charge is 2.60. The van der Waals surface area contributed by atoms with Gasteiger partial charge in [0.25, 0.3) is 0 Å². The van der Waals surface area contributed by atoms with E-state index in [1.54, 1.807) is 0 Å². The summed E-state index contributed by atoms with van der Waals surface area (Å²) in [6.07, 6.45) is 17.4. The first-order valence-corrected chi connectivity index (χ1v) is 14.0. The van der Waals surface area contributed by atoms with Crippen molar-refractivity contribution in [3.8, 4) is 0 Å². The Hall–Kier alpha value is -0.0800. The van der Waals surface area contributed by atoms with E-state index in [0.717, 1.165) is 41.4 Å². The zero-order chi connectivity index (χ0) is 22.2. The van der Waals surface area contributed by atoms with Crippen LogP contribution in [-0.2, 0) is 4.74 Å². The normalized spacial score (nSPS) is 45.8. The predicted molar refractivity (Wildman–Crippen MR) is 130 cm³/mol. The topological polar surface area (TPSA) is 29.5 Å². The minimum atomic E-state index is 0.167. The fraction of sp³-hybridized carbons (Fsp3) is 1.00. The molecule has 0 heterocycles. The summed E-state index contributed by atoms with van der Waals surface area (Å²) in [5, 5.41) is 9.15. The third-order valence-corrected chi connectivity index (χ3v) is 11.3. The van der Waals surface area contributed by atoms with Crippen LogP contribution >= 0.6 is 0 Å². The van der Waals surface area contributed by atoms with E-state index in [1.807, 2.05) is 0 Å². The number of aliphatic hydroxyl groups is 1. The quantitative estimate of drug-likeness (QED) is 0.430. The Morgan fingerprint density at radius 3 is 2.35 bits per heavy atom. The summed E-state index contributed by atoms with van der Waals surface area (Å²) in [5.41, 5.74) is 1.16. The third kappa shape index (κ3) is 4.51. The number of hydrogen-bond donors (Lipinski definition) is 1. The fourth-order valence-electron chi connectivity index (χ4n) is 9.61. The molecule has 0 radical (unpaired) electrons. The summed E-state index contributed by atoms with van der Waals surface area (Å²) in [6, 6.07) is 0. The van der Waals surface area contributed by atoms with Gasteiger partial charge in [0.1, 0.15) is 0 Å². The molecule has 4 aliphatic rings. The molecule has 0 spiro atoms. The van der Waals surface area contributed by atoms with Crippen LogP contribution in [0.4, 0.5) is 0 Å². The lowest BCUT2D eigenvalue weighted by atomic mass is 9.44. The standard InChI is InChI=1S/C29H52O2/c1-20(2)7-6-8-21(3)25-11-12-26-24-10-9-22-19-23(31-18-17-30)13-15-28(22,4)27(24)14-16-29(25,26)5/h20-27,30H,6-19H2,1-5H3/t21-,22-,23+,24+,25-,26+,27+,28+,29-/m1/s1. The SMILES string of the molecule is CC(C)CCC[C@@H](C)[C@H]1CC[C@H]2[C@@H]3CC[C@@H]4C[C@@H](OCCO)CC[C@]4(C)[C@H]3CC[C@]12C. The molecule has 0 unspecified atom stereocenters. The minimum Gasteiger partial charge on any atom is -0.394 e. The van der Waals surface area contributed by atoms with E-state index in [4.69, 9.17) is 9.84 Å². The van der Waals surface area contributed by atoms with Gasteiger partial charge in [-0.25, -0.2) is 0 Å². The zero-order valence-corrected chi connectivity index (χ0v) is 21.4. The van der Waals surface area contributed by atoms with Crippen LogP contribution in [0.1, 0.15) is 112 Å². The van der Waals surface area contributed by atoms with E-state index in [9.17, 15) is 0 Å². The molecule has 4 saturated carbocycles. The second kappa shape index (κ2) is 9.65. The molecular weight excluding hydrogens is 380 g/mol. The lowest BCUT2D eigenvalue weighted by Gasteiger charge is -2.61. The molecule has 0 amide bonds. The first kappa shape index (κ1) is 24.1. The Bertz CT molecular complexity index is 587. The predicted octanol–water partition coefficient (Wildman–Crippen LogP) is 7.49. The van der Waals surface area contributed by atoms with Crippen LogP contribution in [-0.4, -0.2) is 24.4 Å². The number of rotatable bonds is 8. The van der Waals surface area contributed by atoms with Crippen molar-refractivity contribution in [2.45, 2.75) is 118 Å². The molecule has 0 aromatic carbocycles. The van der Waals surface area contributed by atoms with E-state index in [-0.39, 0.29) is 6.61 Å². The Morgan fingerprint density at radius 2 is 1.61 bits per heavy atom. The number of hydrogen-bond acceptors (Lipinski definition) is 2. The molecule has 4 rings (SSSR count). The van der Waals surface area contributed by atoms with Crippen molar-refractivity contribution in [3.05, 3.63) is 0 Å². The Kier molecular flexibility index (Phi) is 7.49. The second-order valence-electron chi connectivity index (χ2n) is 13.2. The summed E-state index contributed by atoms with van der Waals surface area (Å²) in [6.45, 7) is 13.4. The van der Waals surface area contributed by atoms with Gasteiger partial charge in [0.2, 0.25) is 0 Å². The molecule has 9 atom stereocenters. The van der Waals surface area contributed by atoms with Crippen LogP contribution in [0, 0.1) is 52.3 Å². The highest BCUT2D eigenvalue weighted by atomic mass is 16.5. The highest BCUT2D eigenvalue weighted by Crippen LogP contribution is 2.68.